The fourth-order valence-corrected chi connectivity index (χ4v) is 9.58. The minimum Gasteiger partial charge on any atom is -0.462 e. The molecule has 1 spiro atoms. The number of ketones is 1. The van der Waals surface area contributed by atoms with E-state index in [1.54, 1.807) is 0 Å². The van der Waals surface area contributed by atoms with Crippen molar-refractivity contribution < 1.29 is 24.2 Å². The van der Waals surface area contributed by atoms with Gasteiger partial charge in [0.15, 0.2) is 5.78 Å². The summed E-state index contributed by atoms with van der Waals surface area (Å²) in [6, 6.07) is 0. The lowest BCUT2D eigenvalue weighted by Gasteiger charge is -2.68. The molecule has 6 fully saturated rings. The molecule has 2 heterocycles. The van der Waals surface area contributed by atoms with Gasteiger partial charge in [0.2, 0.25) is 0 Å². The highest BCUT2D eigenvalue weighted by Crippen LogP contribution is 2.70. The van der Waals surface area contributed by atoms with Crippen molar-refractivity contribution in [3.8, 4) is 0 Å². The van der Waals surface area contributed by atoms with Crippen LogP contribution in [0.3, 0.4) is 0 Å². The summed E-state index contributed by atoms with van der Waals surface area (Å²) in [5.41, 5.74) is -1.60. The summed E-state index contributed by atoms with van der Waals surface area (Å²) in [6.45, 7) is 6.68. The van der Waals surface area contributed by atoms with Crippen LogP contribution < -0.4 is 0 Å². The summed E-state index contributed by atoms with van der Waals surface area (Å²) >= 11 is 0. The zero-order valence-corrected chi connectivity index (χ0v) is 21.7. The summed E-state index contributed by atoms with van der Waals surface area (Å²) in [5.74, 6) is 1.44. The Bertz CT molecular complexity index is 795. The van der Waals surface area contributed by atoms with Crippen molar-refractivity contribution >= 4 is 11.8 Å². The Balaban J connectivity index is 1.32. The molecule has 5 heteroatoms. The van der Waals surface area contributed by atoms with Crippen LogP contribution in [-0.2, 0) is 19.1 Å². The van der Waals surface area contributed by atoms with E-state index in [4.69, 9.17) is 9.47 Å². The molecule has 192 valence electrons. The smallest absolute Gasteiger partial charge is 0.302 e. The van der Waals surface area contributed by atoms with Crippen LogP contribution >= 0.6 is 0 Å². The fourth-order valence-electron chi connectivity index (χ4n) is 9.58. The lowest BCUT2D eigenvalue weighted by Crippen LogP contribution is -2.77. The number of Topliss-reactive ketones (excluding diaryl/α,β-unsaturated/α-hetero) is 1. The number of rotatable bonds is 8. The van der Waals surface area contributed by atoms with E-state index >= 15 is 0 Å². The van der Waals surface area contributed by atoms with Crippen molar-refractivity contribution in [3.05, 3.63) is 0 Å². The molecule has 0 aromatic rings. The van der Waals surface area contributed by atoms with E-state index in [0.717, 1.165) is 18.8 Å². The number of hydrogen-bond acceptors (Lipinski definition) is 5. The summed E-state index contributed by atoms with van der Waals surface area (Å²) < 4.78 is 11.8. The molecule has 2 bridgehead atoms. The number of carbonyl (C=O) groups excluding carboxylic acids is 2. The standard InChI is InChI=1S/C29H46O5/c1-4-5-6-7-8-9-10-20-11-12-22-24-23(14-15-27(20,22)3)28-16-13-21(34-19(2)30)17-29(28,32)26(31)25(24)33-18-28/h20-25,32H,4-18H2,1-3H3/t20-,21-,22-,23-,24-,25+,27+,28-,29-/m0/s1. The Morgan fingerprint density at radius 2 is 1.82 bits per heavy atom. The van der Waals surface area contributed by atoms with E-state index in [1.807, 2.05) is 0 Å². The molecule has 2 aliphatic heterocycles. The molecule has 4 aliphatic carbocycles. The van der Waals surface area contributed by atoms with Gasteiger partial charge in [-0.2, -0.15) is 0 Å². The van der Waals surface area contributed by atoms with Gasteiger partial charge in [0.05, 0.1) is 6.61 Å². The molecule has 5 nitrogen and oxygen atoms in total. The molecule has 0 aromatic carbocycles. The second-order valence-corrected chi connectivity index (χ2v) is 12.8. The van der Waals surface area contributed by atoms with E-state index in [2.05, 4.69) is 13.8 Å². The molecule has 34 heavy (non-hydrogen) atoms. The molecule has 2 saturated heterocycles. The van der Waals surface area contributed by atoms with Crippen molar-refractivity contribution in [2.24, 2.45) is 34.5 Å². The highest BCUT2D eigenvalue weighted by molar-refractivity contribution is 5.94. The first kappa shape index (κ1) is 24.7. The van der Waals surface area contributed by atoms with Crippen LogP contribution in [0.5, 0.6) is 0 Å². The van der Waals surface area contributed by atoms with Gasteiger partial charge in [-0.1, -0.05) is 52.4 Å². The van der Waals surface area contributed by atoms with E-state index in [-0.39, 0.29) is 30.2 Å². The van der Waals surface area contributed by atoms with Crippen LogP contribution in [0.4, 0.5) is 0 Å². The molecule has 0 unspecified atom stereocenters. The van der Waals surface area contributed by atoms with Gasteiger partial charge in [-0.15, -0.1) is 0 Å². The molecular weight excluding hydrogens is 428 g/mol. The minimum absolute atomic E-state index is 0.111. The quantitative estimate of drug-likeness (QED) is 0.366. The van der Waals surface area contributed by atoms with Crippen molar-refractivity contribution in [1.29, 1.82) is 0 Å². The average molecular weight is 475 g/mol. The second kappa shape index (κ2) is 9.18. The summed E-state index contributed by atoms with van der Waals surface area (Å²) in [6.07, 6.45) is 15.0. The van der Waals surface area contributed by atoms with Crippen LogP contribution in [0.15, 0.2) is 0 Å². The van der Waals surface area contributed by atoms with Gasteiger partial charge in [-0.25, -0.2) is 0 Å². The van der Waals surface area contributed by atoms with Crippen LogP contribution in [-0.4, -0.2) is 41.3 Å². The highest BCUT2D eigenvalue weighted by Gasteiger charge is 2.75. The van der Waals surface area contributed by atoms with Gasteiger partial charge in [0.1, 0.15) is 17.8 Å². The summed E-state index contributed by atoms with van der Waals surface area (Å²) in [4.78, 5) is 25.3. The summed E-state index contributed by atoms with van der Waals surface area (Å²) in [5, 5.41) is 11.9. The van der Waals surface area contributed by atoms with Gasteiger partial charge in [0.25, 0.3) is 0 Å². The second-order valence-electron chi connectivity index (χ2n) is 12.8. The number of carbonyl (C=O) groups is 2. The van der Waals surface area contributed by atoms with Crippen molar-refractivity contribution in [2.45, 2.75) is 128 Å². The lowest BCUT2D eigenvalue weighted by molar-refractivity contribution is -0.296. The number of hydrogen-bond donors (Lipinski definition) is 1. The zero-order chi connectivity index (χ0) is 24.1. The first-order chi connectivity index (χ1) is 16.3. The molecule has 6 aliphatic rings. The first-order valence-electron chi connectivity index (χ1n) is 14.3. The third-order valence-corrected chi connectivity index (χ3v) is 11.3. The van der Waals surface area contributed by atoms with E-state index < -0.39 is 17.1 Å². The van der Waals surface area contributed by atoms with Crippen molar-refractivity contribution in [1.82, 2.24) is 0 Å². The van der Waals surface area contributed by atoms with Crippen LogP contribution in [0, 0.1) is 34.5 Å². The largest absolute Gasteiger partial charge is 0.462 e. The minimum atomic E-state index is -1.40. The van der Waals surface area contributed by atoms with Gasteiger partial charge < -0.3 is 14.6 Å². The zero-order valence-electron chi connectivity index (χ0n) is 21.7. The Morgan fingerprint density at radius 3 is 2.59 bits per heavy atom. The maximum absolute atomic E-state index is 13.8. The maximum atomic E-state index is 13.8. The average Bonchev–Trinajstić information content (AvgIpc) is 3.13. The number of esters is 1. The van der Waals surface area contributed by atoms with E-state index in [9.17, 15) is 14.7 Å². The fraction of sp³-hybridized carbons (Fsp3) is 0.931. The van der Waals surface area contributed by atoms with E-state index in [0.29, 0.717) is 30.3 Å². The third kappa shape index (κ3) is 3.62. The maximum Gasteiger partial charge on any atom is 0.302 e. The van der Waals surface area contributed by atoms with Crippen LogP contribution in [0.2, 0.25) is 0 Å². The molecule has 1 N–H and O–H groups in total. The lowest BCUT2D eigenvalue weighted by atomic mass is 9.40. The molecule has 6 rings (SSSR count). The normalized spacial score (nSPS) is 47.1. The summed E-state index contributed by atoms with van der Waals surface area (Å²) in [7, 11) is 0. The molecule has 4 saturated carbocycles. The topological polar surface area (TPSA) is 72.8 Å². The van der Waals surface area contributed by atoms with Gasteiger partial charge in [0, 0.05) is 18.8 Å². The Morgan fingerprint density at radius 1 is 1.06 bits per heavy atom. The molecule has 0 aromatic heterocycles. The highest BCUT2D eigenvalue weighted by atomic mass is 16.5. The molecule has 0 radical (unpaired) electrons. The predicted molar refractivity (Wildman–Crippen MR) is 130 cm³/mol. The molecule has 0 amide bonds. The van der Waals surface area contributed by atoms with Crippen LogP contribution in [0.1, 0.15) is 111 Å². The first-order valence-corrected chi connectivity index (χ1v) is 14.3. The Kier molecular flexibility index (Phi) is 6.68. The molecule has 9 atom stereocenters. The van der Waals surface area contributed by atoms with Gasteiger partial charge in [-0.3, -0.25) is 9.59 Å². The number of unbranched alkanes of at least 4 members (excludes halogenated alkanes) is 5. The number of ether oxygens (including phenoxy) is 2. The monoisotopic (exact) mass is 474 g/mol. The van der Waals surface area contributed by atoms with Crippen LogP contribution in [0.25, 0.3) is 0 Å². The van der Waals surface area contributed by atoms with Crippen molar-refractivity contribution in [3.63, 3.8) is 0 Å². The number of fused-ring (bicyclic) bond motifs is 2. The van der Waals surface area contributed by atoms with Gasteiger partial charge in [-0.05, 0) is 74.0 Å². The Labute approximate surface area is 205 Å². The SMILES string of the molecule is CCCCCCCC[C@H]1CC[C@H]2[C@@H]3[C@H]4OC[C@@]5(CC[C@H](OC(C)=O)C[C@]5(O)C4=O)[C@H]3CC[C@]12C. The number of aliphatic hydroxyl groups is 1. The third-order valence-electron chi connectivity index (χ3n) is 11.3. The van der Waals surface area contributed by atoms with Crippen molar-refractivity contribution in [2.75, 3.05) is 6.61 Å². The molecular formula is C29H46O5. The van der Waals surface area contributed by atoms with E-state index in [1.165, 1.54) is 71.1 Å². The van der Waals surface area contributed by atoms with Gasteiger partial charge >= 0.3 is 5.97 Å². The Hall–Kier alpha value is -0.940. The predicted octanol–water partition coefficient (Wildman–Crippen LogP) is 5.61.